The Bertz CT molecular complexity index is 896. The standard InChI is InChI=1S/C21H30N2O4S/c1-13(18-10-15-5-6-16(18)9-15)22-28(25,26)17-7-8-20-19(11-17)23(14(2)24)12-21(3,4)27-20/h7-8,11,13,15-16,18,22H,5-6,9-10,12H2,1-4H3. The molecule has 1 heterocycles. The molecule has 2 fully saturated rings. The van der Waals surface area contributed by atoms with Gasteiger partial charge in [0, 0.05) is 13.0 Å². The molecule has 6 nitrogen and oxygen atoms in total. The third kappa shape index (κ3) is 3.54. The highest BCUT2D eigenvalue weighted by Gasteiger charge is 2.43. The lowest BCUT2D eigenvalue weighted by Crippen LogP contribution is -2.48. The zero-order valence-electron chi connectivity index (χ0n) is 17.1. The Balaban J connectivity index is 1.58. The highest BCUT2D eigenvalue weighted by Crippen LogP contribution is 2.49. The number of carbonyl (C=O) groups excluding carboxylic acids is 1. The van der Waals surface area contributed by atoms with Crippen LogP contribution >= 0.6 is 0 Å². The average Bonchev–Trinajstić information content (AvgIpc) is 3.22. The molecule has 154 valence electrons. The van der Waals surface area contributed by atoms with Crippen LogP contribution in [0.2, 0.25) is 0 Å². The van der Waals surface area contributed by atoms with E-state index in [0.717, 1.165) is 12.3 Å². The molecule has 7 heteroatoms. The van der Waals surface area contributed by atoms with Gasteiger partial charge in [-0.05, 0) is 76.0 Å². The predicted molar refractivity (Wildman–Crippen MR) is 108 cm³/mol. The van der Waals surface area contributed by atoms with Crippen LogP contribution in [0.5, 0.6) is 5.75 Å². The summed E-state index contributed by atoms with van der Waals surface area (Å²) in [6, 6.07) is 4.69. The summed E-state index contributed by atoms with van der Waals surface area (Å²) in [5.41, 5.74) is -0.00423. The van der Waals surface area contributed by atoms with Gasteiger partial charge in [0.15, 0.2) is 0 Å². The topological polar surface area (TPSA) is 75.7 Å². The highest BCUT2D eigenvalue weighted by molar-refractivity contribution is 7.89. The number of ether oxygens (including phenoxy) is 1. The van der Waals surface area contributed by atoms with Gasteiger partial charge in [-0.2, -0.15) is 0 Å². The van der Waals surface area contributed by atoms with E-state index in [1.807, 2.05) is 20.8 Å². The minimum atomic E-state index is -3.67. The van der Waals surface area contributed by atoms with Crippen molar-refractivity contribution in [2.75, 3.05) is 11.4 Å². The number of nitrogens with one attached hydrogen (secondary N) is 1. The average molecular weight is 407 g/mol. The van der Waals surface area contributed by atoms with Gasteiger partial charge in [-0.25, -0.2) is 13.1 Å². The van der Waals surface area contributed by atoms with Gasteiger partial charge in [0.25, 0.3) is 0 Å². The smallest absolute Gasteiger partial charge is 0.240 e. The lowest BCUT2D eigenvalue weighted by atomic mass is 9.84. The van der Waals surface area contributed by atoms with Crippen molar-refractivity contribution in [1.82, 2.24) is 4.72 Å². The SMILES string of the molecule is CC(=O)N1CC(C)(C)Oc2ccc(S(=O)(=O)NC(C)C3CC4CCC3C4)cc21. The molecule has 1 aromatic rings. The van der Waals surface area contributed by atoms with E-state index in [2.05, 4.69) is 4.72 Å². The second kappa shape index (κ2) is 6.73. The van der Waals surface area contributed by atoms with Crippen molar-refractivity contribution in [3.8, 4) is 5.75 Å². The molecular weight excluding hydrogens is 376 g/mol. The monoisotopic (exact) mass is 406 g/mol. The molecule has 28 heavy (non-hydrogen) atoms. The lowest BCUT2D eigenvalue weighted by Gasteiger charge is -2.39. The Hall–Kier alpha value is -1.60. The lowest BCUT2D eigenvalue weighted by molar-refractivity contribution is -0.117. The normalized spacial score (nSPS) is 29.3. The zero-order chi connectivity index (χ0) is 20.3. The molecule has 2 aliphatic carbocycles. The van der Waals surface area contributed by atoms with E-state index < -0.39 is 15.6 Å². The molecule has 4 unspecified atom stereocenters. The van der Waals surface area contributed by atoms with Crippen molar-refractivity contribution >= 4 is 21.6 Å². The number of amides is 1. The Kier molecular flexibility index (Phi) is 4.74. The Morgan fingerprint density at radius 3 is 2.64 bits per heavy atom. The summed E-state index contributed by atoms with van der Waals surface area (Å²) in [6.45, 7) is 7.68. The molecule has 4 atom stereocenters. The largest absolute Gasteiger partial charge is 0.484 e. The molecule has 0 saturated heterocycles. The molecule has 3 aliphatic rings. The van der Waals surface area contributed by atoms with Crippen LogP contribution in [0.25, 0.3) is 0 Å². The fourth-order valence-electron chi connectivity index (χ4n) is 5.34. The van der Waals surface area contributed by atoms with Gasteiger partial charge in [-0.15, -0.1) is 0 Å². The third-order valence-electron chi connectivity index (χ3n) is 6.61. The van der Waals surface area contributed by atoms with Crippen LogP contribution in [0.15, 0.2) is 23.1 Å². The molecule has 4 rings (SSSR count). The number of hydrogen-bond acceptors (Lipinski definition) is 4. The van der Waals surface area contributed by atoms with E-state index >= 15 is 0 Å². The first kappa shape index (κ1) is 19.7. The van der Waals surface area contributed by atoms with E-state index in [-0.39, 0.29) is 16.8 Å². The second-order valence-electron chi connectivity index (χ2n) is 9.35. The van der Waals surface area contributed by atoms with E-state index in [1.54, 1.807) is 23.1 Å². The van der Waals surface area contributed by atoms with Gasteiger partial charge in [0.1, 0.15) is 11.4 Å². The second-order valence-corrected chi connectivity index (χ2v) is 11.1. The fourth-order valence-corrected chi connectivity index (χ4v) is 6.66. The van der Waals surface area contributed by atoms with Crippen molar-refractivity contribution in [2.45, 2.75) is 69.9 Å². The minimum Gasteiger partial charge on any atom is -0.484 e. The summed E-state index contributed by atoms with van der Waals surface area (Å²) in [6.07, 6.45) is 4.89. The quantitative estimate of drug-likeness (QED) is 0.832. The van der Waals surface area contributed by atoms with E-state index in [4.69, 9.17) is 4.74 Å². The predicted octanol–water partition coefficient (Wildman–Crippen LogP) is 3.31. The van der Waals surface area contributed by atoms with Gasteiger partial charge in [-0.1, -0.05) is 6.42 Å². The van der Waals surface area contributed by atoms with Crippen LogP contribution in [-0.4, -0.2) is 32.5 Å². The summed E-state index contributed by atoms with van der Waals surface area (Å²) in [5, 5.41) is 0. The van der Waals surface area contributed by atoms with E-state index in [1.165, 1.54) is 26.2 Å². The van der Waals surface area contributed by atoms with Gasteiger partial charge in [0.05, 0.1) is 17.1 Å². The molecule has 0 spiro atoms. The number of fused-ring (bicyclic) bond motifs is 3. The van der Waals surface area contributed by atoms with E-state index in [9.17, 15) is 13.2 Å². The summed E-state index contributed by atoms with van der Waals surface area (Å²) in [4.78, 5) is 13.9. The molecule has 2 saturated carbocycles. The minimum absolute atomic E-state index is 0.0876. The summed E-state index contributed by atoms with van der Waals surface area (Å²) < 4.78 is 34.9. The molecule has 1 amide bonds. The number of sulfonamides is 1. The van der Waals surface area contributed by atoms with Gasteiger partial charge in [-0.3, -0.25) is 4.79 Å². The van der Waals surface area contributed by atoms with Crippen LogP contribution in [-0.2, 0) is 14.8 Å². The molecule has 1 N–H and O–H groups in total. The molecule has 2 bridgehead atoms. The summed E-state index contributed by atoms with van der Waals surface area (Å²) >= 11 is 0. The fraction of sp³-hybridized carbons (Fsp3) is 0.667. The van der Waals surface area contributed by atoms with Crippen molar-refractivity contribution in [2.24, 2.45) is 17.8 Å². The number of benzene rings is 1. The number of carbonyl (C=O) groups is 1. The summed E-state index contributed by atoms with van der Waals surface area (Å²) in [7, 11) is -3.67. The maximum Gasteiger partial charge on any atom is 0.240 e. The molecular formula is C21H30N2O4S. The van der Waals surface area contributed by atoms with Crippen LogP contribution in [0, 0.1) is 17.8 Å². The van der Waals surface area contributed by atoms with Crippen molar-refractivity contribution in [3.63, 3.8) is 0 Å². The number of anilines is 1. The zero-order valence-corrected chi connectivity index (χ0v) is 17.9. The summed E-state index contributed by atoms with van der Waals surface area (Å²) in [5.74, 6) is 2.25. The Labute approximate surface area is 167 Å². The van der Waals surface area contributed by atoms with Gasteiger partial charge in [0.2, 0.25) is 15.9 Å². The molecule has 0 aromatic heterocycles. The van der Waals surface area contributed by atoms with Crippen molar-refractivity contribution < 1.29 is 17.9 Å². The first-order chi connectivity index (χ1) is 13.1. The first-order valence-electron chi connectivity index (χ1n) is 10.2. The first-order valence-corrected chi connectivity index (χ1v) is 11.7. The van der Waals surface area contributed by atoms with Crippen LogP contribution in [0.1, 0.15) is 53.4 Å². The Morgan fingerprint density at radius 1 is 1.29 bits per heavy atom. The van der Waals surface area contributed by atoms with Crippen LogP contribution < -0.4 is 14.4 Å². The maximum atomic E-state index is 13.0. The number of nitrogens with zero attached hydrogens (tertiary/aromatic N) is 1. The van der Waals surface area contributed by atoms with E-state index in [0.29, 0.717) is 29.8 Å². The molecule has 0 radical (unpaired) electrons. The van der Waals surface area contributed by atoms with Gasteiger partial charge < -0.3 is 9.64 Å². The number of rotatable bonds is 4. The maximum absolute atomic E-state index is 13.0. The van der Waals surface area contributed by atoms with Gasteiger partial charge >= 0.3 is 0 Å². The third-order valence-corrected chi connectivity index (χ3v) is 8.17. The molecule has 1 aromatic carbocycles. The number of hydrogen-bond donors (Lipinski definition) is 1. The Morgan fingerprint density at radius 2 is 2.04 bits per heavy atom. The van der Waals surface area contributed by atoms with Crippen molar-refractivity contribution in [1.29, 1.82) is 0 Å². The van der Waals surface area contributed by atoms with Crippen molar-refractivity contribution in [3.05, 3.63) is 18.2 Å². The van der Waals surface area contributed by atoms with Crippen LogP contribution in [0.3, 0.4) is 0 Å². The highest BCUT2D eigenvalue weighted by atomic mass is 32.2. The van der Waals surface area contributed by atoms with Crippen LogP contribution in [0.4, 0.5) is 5.69 Å². The molecule has 1 aliphatic heterocycles.